The van der Waals surface area contributed by atoms with E-state index >= 15 is 0 Å². The van der Waals surface area contributed by atoms with Crippen LogP contribution in [0.15, 0.2) is 241 Å². The summed E-state index contributed by atoms with van der Waals surface area (Å²) in [6.45, 7) is 0. The summed E-state index contributed by atoms with van der Waals surface area (Å²) in [5.74, 6) is 1.91. The van der Waals surface area contributed by atoms with Gasteiger partial charge in [-0.1, -0.05) is 146 Å². The van der Waals surface area contributed by atoms with Crippen LogP contribution in [-0.2, 0) is 0 Å². The Hall–Kier alpha value is -9.39. The molecule has 4 heterocycles. The Morgan fingerprint density at radius 3 is 1.30 bits per heavy atom. The Morgan fingerprint density at radius 1 is 0.275 bits per heavy atom. The van der Waals surface area contributed by atoms with Crippen molar-refractivity contribution in [1.82, 2.24) is 24.1 Å². The van der Waals surface area contributed by atoms with Gasteiger partial charge in [-0.2, -0.15) is 0 Å². The van der Waals surface area contributed by atoms with Gasteiger partial charge in [0.05, 0.1) is 22.1 Å². The molecule has 0 bridgehead atoms. The fourth-order valence-electron chi connectivity index (χ4n) is 10.4. The number of fused-ring (bicyclic) bond motifs is 9. The van der Waals surface area contributed by atoms with Gasteiger partial charge >= 0.3 is 0 Å². The Kier molecular flexibility index (Phi) is 8.79. The van der Waals surface area contributed by atoms with E-state index in [9.17, 15) is 0 Å². The maximum Gasteiger partial charge on any atom is 0.164 e. The highest BCUT2D eigenvalue weighted by atomic mass is 16.3. The normalized spacial score (nSPS) is 11.8. The predicted molar refractivity (Wildman–Crippen MR) is 283 cm³/mol. The molecular weight excluding hydrogens is 843 g/mol. The molecular formula is C63H39N5O. The topological polar surface area (TPSA) is 61.7 Å². The Labute approximate surface area is 396 Å². The smallest absolute Gasteiger partial charge is 0.164 e. The minimum absolute atomic E-state index is 0.629. The first-order valence-electron chi connectivity index (χ1n) is 23.3. The van der Waals surface area contributed by atoms with Gasteiger partial charge in [0, 0.05) is 60.4 Å². The first kappa shape index (κ1) is 38.8. The molecule has 6 nitrogen and oxygen atoms in total. The predicted octanol–water partition coefficient (Wildman–Crippen LogP) is 16.3. The summed E-state index contributed by atoms with van der Waals surface area (Å²) in [6.07, 6.45) is 0. The van der Waals surface area contributed by atoms with Crippen LogP contribution >= 0.6 is 0 Å². The third-order valence-electron chi connectivity index (χ3n) is 13.6. The van der Waals surface area contributed by atoms with Gasteiger partial charge in [-0.25, -0.2) is 15.0 Å². The van der Waals surface area contributed by atoms with Gasteiger partial charge in [-0.15, -0.1) is 0 Å². The fourth-order valence-corrected chi connectivity index (χ4v) is 10.4. The van der Waals surface area contributed by atoms with Gasteiger partial charge < -0.3 is 13.6 Å². The van der Waals surface area contributed by atoms with Crippen molar-refractivity contribution in [3.05, 3.63) is 237 Å². The average Bonchev–Trinajstić information content (AvgIpc) is 4.08. The molecule has 0 unspecified atom stereocenters. The van der Waals surface area contributed by atoms with Gasteiger partial charge in [-0.05, 0) is 113 Å². The van der Waals surface area contributed by atoms with Crippen molar-refractivity contribution in [1.29, 1.82) is 0 Å². The molecule has 10 aromatic carbocycles. The summed E-state index contributed by atoms with van der Waals surface area (Å²) in [7, 11) is 0. The molecule has 14 aromatic rings. The van der Waals surface area contributed by atoms with Crippen molar-refractivity contribution in [3.63, 3.8) is 0 Å². The molecule has 322 valence electrons. The first-order valence-corrected chi connectivity index (χ1v) is 23.3. The summed E-state index contributed by atoms with van der Waals surface area (Å²) in [4.78, 5) is 14.8. The lowest BCUT2D eigenvalue weighted by molar-refractivity contribution is 0.669. The van der Waals surface area contributed by atoms with Gasteiger partial charge in [0.1, 0.15) is 11.2 Å². The first-order chi connectivity index (χ1) is 34.2. The maximum atomic E-state index is 6.58. The molecule has 6 heteroatoms. The summed E-state index contributed by atoms with van der Waals surface area (Å²) in [5, 5.41) is 7.04. The molecule has 0 aliphatic heterocycles. The van der Waals surface area contributed by atoms with E-state index in [1.54, 1.807) is 0 Å². The van der Waals surface area contributed by atoms with Crippen LogP contribution in [0.3, 0.4) is 0 Å². The molecule has 0 saturated heterocycles. The zero-order chi connectivity index (χ0) is 45.4. The van der Waals surface area contributed by atoms with Crippen LogP contribution in [0, 0.1) is 0 Å². The van der Waals surface area contributed by atoms with Crippen LogP contribution in [0.2, 0.25) is 0 Å². The van der Waals surface area contributed by atoms with E-state index in [0.717, 1.165) is 83.3 Å². The molecule has 0 aliphatic rings. The van der Waals surface area contributed by atoms with E-state index in [1.807, 2.05) is 60.7 Å². The Balaban J connectivity index is 0.855. The third-order valence-corrected chi connectivity index (χ3v) is 13.6. The zero-order valence-corrected chi connectivity index (χ0v) is 37.2. The SMILES string of the molecule is c1ccc(-c2nc(-c3ccccc3)nc(-c3ccc(-n4c5ccccc5c5cc(-c6ccc7oc8cccc(-c9ccc%10c(c9)c9ccccc9n%10-c9ccccc9)c8c7c6)ccc54)cc3)n2)cc1. The molecule has 0 fully saturated rings. The molecule has 0 aliphatic carbocycles. The monoisotopic (exact) mass is 881 g/mol. The Bertz CT molecular complexity index is 4230. The molecule has 4 aromatic heterocycles. The third kappa shape index (κ3) is 6.38. The van der Waals surface area contributed by atoms with Gasteiger partial charge in [-0.3, -0.25) is 0 Å². The summed E-state index contributed by atoms with van der Waals surface area (Å²) in [5.41, 5.74) is 16.0. The van der Waals surface area contributed by atoms with E-state index in [-0.39, 0.29) is 0 Å². The second kappa shape index (κ2) is 15.6. The largest absolute Gasteiger partial charge is 0.456 e. The second-order valence-corrected chi connectivity index (χ2v) is 17.6. The van der Waals surface area contributed by atoms with Crippen LogP contribution in [0.1, 0.15) is 0 Å². The number of rotatable bonds is 7. The van der Waals surface area contributed by atoms with Crippen molar-refractivity contribution < 1.29 is 4.42 Å². The summed E-state index contributed by atoms with van der Waals surface area (Å²) >= 11 is 0. The van der Waals surface area contributed by atoms with E-state index in [4.69, 9.17) is 19.4 Å². The molecule has 0 atom stereocenters. The van der Waals surface area contributed by atoms with Crippen molar-refractivity contribution in [3.8, 4) is 67.8 Å². The lowest BCUT2D eigenvalue weighted by atomic mass is 9.96. The van der Waals surface area contributed by atoms with Crippen LogP contribution < -0.4 is 0 Å². The second-order valence-electron chi connectivity index (χ2n) is 17.6. The minimum atomic E-state index is 0.629. The van der Waals surface area contributed by atoms with Crippen molar-refractivity contribution >= 4 is 65.6 Å². The van der Waals surface area contributed by atoms with E-state index in [1.165, 1.54) is 32.6 Å². The van der Waals surface area contributed by atoms with E-state index < -0.39 is 0 Å². The number of nitrogens with zero attached hydrogens (tertiary/aromatic N) is 5. The van der Waals surface area contributed by atoms with Gasteiger partial charge in [0.25, 0.3) is 0 Å². The lowest BCUT2D eigenvalue weighted by Crippen LogP contribution is -2.00. The van der Waals surface area contributed by atoms with E-state index in [0.29, 0.717) is 17.5 Å². The number of furan rings is 1. The highest BCUT2D eigenvalue weighted by Gasteiger charge is 2.19. The molecule has 0 saturated carbocycles. The summed E-state index contributed by atoms with van der Waals surface area (Å²) in [6, 6.07) is 83.4. The molecule has 0 amide bonds. The standard InChI is InChI=1S/C63H39N5O/c1-4-15-40(16-5-1)61-64-62(41-17-6-2-7-18-41)66-63(65-61)42-27-32-47(33-28-42)68-55-25-13-10-21-49(55)51-37-43(29-34-56(51)68)44-31-36-58-53(38-44)60-48(23-14-26-59(60)69-58)45-30-35-57-52(39-45)50-22-11-12-24-54(50)67(57)46-19-8-3-9-20-46/h1-39H. The van der Waals surface area contributed by atoms with E-state index in [2.05, 4.69) is 185 Å². The van der Waals surface area contributed by atoms with Gasteiger partial charge in [0.2, 0.25) is 0 Å². The van der Waals surface area contributed by atoms with Crippen LogP contribution in [0.4, 0.5) is 0 Å². The zero-order valence-electron chi connectivity index (χ0n) is 37.2. The minimum Gasteiger partial charge on any atom is -0.456 e. The molecule has 0 radical (unpaired) electrons. The number of aromatic nitrogens is 5. The molecule has 14 rings (SSSR count). The highest BCUT2D eigenvalue weighted by molar-refractivity contribution is 6.16. The number of hydrogen-bond donors (Lipinski definition) is 0. The Morgan fingerprint density at radius 2 is 0.710 bits per heavy atom. The average molecular weight is 882 g/mol. The maximum absolute atomic E-state index is 6.58. The van der Waals surface area contributed by atoms with Crippen LogP contribution in [0.5, 0.6) is 0 Å². The number of para-hydroxylation sites is 3. The van der Waals surface area contributed by atoms with Gasteiger partial charge in [0.15, 0.2) is 17.5 Å². The number of benzene rings is 10. The van der Waals surface area contributed by atoms with Crippen molar-refractivity contribution in [2.75, 3.05) is 0 Å². The van der Waals surface area contributed by atoms with Crippen LogP contribution in [0.25, 0.3) is 133 Å². The van der Waals surface area contributed by atoms with Crippen molar-refractivity contribution in [2.24, 2.45) is 0 Å². The fraction of sp³-hybridized carbons (Fsp3) is 0. The highest BCUT2D eigenvalue weighted by Crippen LogP contribution is 2.42. The molecule has 69 heavy (non-hydrogen) atoms. The summed E-state index contributed by atoms with van der Waals surface area (Å²) < 4.78 is 11.3. The lowest BCUT2D eigenvalue weighted by Gasteiger charge is -2.11. The molecule has 0 N–H and O–H groups in total. The van der Waals surface area contributed by atoms with Crippen molar-refractivity contribution in [2.45, 2.75) is 0 Å². The molecule has 0 spiro atoms. The quantitative estimate of drug-likeness (QED) is 0.160. The number of hydrogen-bond acceptors (Lipinski definition) is 4. The van der Waals surface area contributed by atoms with Crippen LogP contribution in [-0.4, -0.2) is 24.1 Å².